The SMILES string of the molecule is CC(=O)N[C@H](CC(=O)N(C)Cc1ccc(F)cc1)c1ccccc1. The Morgan fingerprint density at radius 3 is 2.29 bits per heavy atom. The second kappa shape index (κ2) is 8.24. The third kappa shape index (κ3) is 5.19. The van der Waals surface area contributed by atoms with Crippen molar-refractivity contribution < 1.29 is 14.0 Å². The molecule has 5 heteroatoms. The zero-order valence-electron chi connectivity index (χ0n) is 13.8. The van der Waals surface area contributed by atoms with Crippen LogP contribution in [0.1, 0.15) is 30.5 Å². The molecule has 0 aromatic heterocycles. The molecule has 0 fully saturated rings. The number of carbonyl (C=O) groups excluding carboxylic acids is 2. The van der Waals surface area contributed by atoms with Crippen molar-refractivity contribution in [3.8, 4) is 0 Å². The standard InChI is InChI=1S/C19H21FN2O2/c1-14(23)21-18(16-6-4-3-5-7-16)12-19(24)22(2)13-15-8-10-17(20)11-9-15/h3-11,18H,12-13H2,1-2H3,(H,21,23)/t18-/m1/s1. The lowest BCUT2D eigenvalue weighted by Gasteiger charge is -2.22. The molecule has 2 aromatic rings. The van der Waals surface area contributed by atoms with Gasteiger partial charge in [0.2, 0.25) is 11.8 Å². The van der Waals surface area contributed by atoms with E-state index in [1.807, 2.05) is 30.3 Å². The predicted molar refractivity (Wildman–Crippen MR) is 90.5 cm³/mol. The van der Waals surface area contributed by atoms with Gasteiger partial charge >= 0.3 is 0 Å². The number of rotatable bonds is 6. The molecular formula is C19H21FN2O2. The van der Waals surface area contributed by atoms with Crippen LogP contribution in [0.15, 0.2) is 54.6 Å². The van der Waals surface area contributed by atoms with Gasteiger partial charge in [0.05, 0.1) is 12.5 Å². The monoisotopic (exact) mass is 328 g/mol. The normalized spacial score (nSPS) is 11.6. The third-order valence-electron chi connectivity index (χ3n) is 3.72. The minimum atomic E-state index is -0.369. The van der Waals surface area contributed by atoms with Gasteiger partial charge in [-0.3, -0.25) is 9.59 Å². The van der Waals surface area contributed by atoms with Gasteiger partial charge in [-0.15, -0.1) is 0 Å². The van der Waals surface area contributed by atoms with Crippen molar-refractivity contribution in [1.82, 2.24) is 10.2 Å². The van der Waals surface area contributed by atoms with E-state index in [2.05, 4.69) is 5.32 Å². The molecule has 0 radical (unpaired) electrons. The summed E-state index contributed by atoms with van der Waals surface area (Å²) in [5.41, 5.74) is 1.74. The number of hydrogen-bond donors (Lipinski definition) is 1. The number of benzene rings is 2. The van der Waals surface area contributed by atoms with Gasteiger partial charge in [0.15, 0.2) is 0 Å². The lowest BCUT2D eigenvalue weighted by Crippen LogP contribution is -2.33. The molecule has 0 bridgehead atoms. The van der Waals surface area contributed by atoms with Crippen LogP contribution < -0.4 is 5.32 Å². The van der Waals surface area contributed by atoms with Crippen molar-refractivity contribution in [2.24, 2.45) is 0 Å². The largest absolute Gasteiger partial charge is 0.349 e. The highest BCUT2D eigenvalue weighted by molar-refractivity contribution is 5.79. The topological polar surface area (TPSA) is 49.4 Å². The van der Waals surface area contributed by atoms with Crippen molar-refractivity contribution in [1.29, 1.82) is 0 Å². The van der Waals surface area contributed by atoms with E-state index < -0.39 is 0 Å². The van der Waals surface area contributed by atoms with Gasteiger partial charge in [-0.05, 0) is 23.3 Å². The highest BCUT2D eigenvalue weighted by atomic mass is 19.1. The van der Waals surface area contributed by atoms with Crippen LogP contribution in [0.25, 0.3) is 0 Å². The first kappa shape index (κ1) is 17.7. The quantitative estimate of drug-likeness (QED) is 0.886. The van der Waals surface area contributed by atoms with Crippen molar-refractivity contribution in [2.75, 3.05) is 7.05 Å². The van der Waals surface area contributed by atoms with Gasteiger partial charge in [0, 0.05) is 20.5 Å². The maximum atomic E-state index is 12.9. The fraction of sp³-hybridized carbons (Fsp3) is 0.263. The summed E-state index contributed by atoms with van der Waals surface area (Å²) in [7, 11) is 1.70. The average molecular weight is 328 g/mol. The molecule has 24 heavy (non-hydrogen) atoms. The first-order valence-corrected chi connectivity index (χ1v) is 7.76. The molecule has 2 aromatic carbocycles. The lowest BCUT2D eigenvalue weighted by atomic mass is 10.0. The van der Waals surface area contributed by atoms with Crippen LogP contribution in [-0.4, -0.2) is 23.8 Å². The first-order valence-electron chi connectivity index (χ1n) is 7.76. The summed E-state index contributed by atoms with van der Waals surface area (Å²) in [4.78, 5) is 25.5. The van der Waals surface area contributed by atoms with Crippen LogP contribution in [0.3, 0.4) is 0 Å². The van der Waals surface area contributed by atoms with Gasteiger partial charge < -0.3 is 10.2 Å². The average Bonchev–Trinajstić information content (AvgIpc) is 2.56. The highest BCUT2D eigenvalue weighted by Crippen LogP contribution is 2.18. The summed E-state index contributed by atoms with van der Waals surface area (Å²) < 4.78 is 12.9. The molecule has 0 aliphatic heterocycles. The van der Waals surface area contributed by atoms with Gasteiger partial charge in [0.25, 0.3) is 0 Å². The Kier molecular flexibility index (Phi) is 6.07. The molecule has 126 valence electrons. The number of nitrogens with one attached hydrogen (secondary N) is 1. The maximum Gasteiger partial charge on any atom is 0.225 e. The summed E-state index contributed by atoms with van der Waals surface area (Å²) in [6, 6.07) is 15.1. The Hall–Kier alpha value is -2.69. The molecule has 0 unspecified atom stereocenters. The van der Waals surface area contributed by atoms with E-state index in [1.54, 1.807) is 24.1 Å². The maximum absolute atomic E-state index is 12.9. The van der Waals surface area contributed by atoms with E-state index in [1.165, 1.54) is 19.1 Å². The van der Waals surface area contributed by atoms with Crippen LogP contribution in [0.2, 0.25) is 0 Å². The Labute approximate surface area is 141 Å². The number of hydrogen-bond acceptors (Lipinski definition) is 2. The third-order valence-corrected chi connectivity index (χ3v) is 3.72. The second-order valence-corrected chi connectivity index (χ2v) is 5.74. The van der Waals surface area contributed by atoms with Crippen molar-refractivity contribution in [2.45, 2.75) is 25.9 Å². The van der Waals surface area contributed by atoms with E-state index in [9.17, 15) is 14.0 Å². The summed E-state index contributed by atoms with van der Waals surface area (Å²) in [6.45, 7) is 1.82. The Bertz CT molecular complexity index is 686. The Morgan fingerprint density at radius 2 is 1.71 bits per heavy atom. The smallest absolute Gasteiger partial charge is 0.225 e. The van der Waals surface area contributed by atoms with Gasteiger partial charge in [0.1, 0.15) is 5.82 Å². The summed E-state index contributed by atoms with van der Waals surface area (Å²) in [5, 5.41) is 2.82. The number of nitrogens with zero attached hydrogens (tertiary/aromatic N) is 1. The molecule has 1 N–H and O–H groups in total. The molecule has 0 aliphatic rings. The zero-order chi connectivity index (χ0) is 17.5. The van der Waals surface area contributed by atoms with Crippen LogP contribution >= 0.6 is 0 Å². The minimum absolute atomic E-state index is 0.0954. The van der Waals surface area contributed by atoms with Crippen LogP contribution in [0.4, 0.5) is 4.39 Å². The first-order chi connectivity index (χ1) is 11.5. The number of amides is 2. The van der Waals surface area contributed by atoms with E-state index in [-0.39, 0.29) is 30.1 Å². The molecule has 1 atom stereocenters. The Morgan fingerprint density at radius 1 is 1.08 bits per heavy atom. The predicted octanol–water partition coefficient (Wildman–Crippen LogP) is 3.05. The van der Waals surface area contributed by atoms with Crippen molar-refractivity contribution >= 4 is 11.8 Å². The second-order valence-electron chi connectivity index (χ2n) is 5.74. The summed E-state index contributed by atoms with van der Waals surface area (Å²) >= 11 is 0. The van der Waals surface area contributed by atoms with Crippen LogP contribution in [0, 0.1) is 5.82 Å². The van der Waals surface area contributed by atoms with E-state index in [0.29, 0.717) is 6.54 Å². The fourth-order valence-electron chi connectivity index (χ4n) is 2.47. The van der Waals surface area contributed by atoms with Gasteiger partial charge in [-0.25, -0.2) is 4.39 Å². The Balaban J connectivity index is 2.03. The molecule has 0 saturated carbocycles. The minimum Gasteiger partial charge on any atom is -0.349 e. The van der Waals surface area contributed by atoms with Gasteiger partial charge in [-0.2, -0.15) is 0 Å². The highest BCUT2D eigenvalue weighted by Gasteiger charge is 2.19. The molecule has 0 heterocycles. The molecule has 0 spiro atoms. The zero-order valence-corrected chi connectivity index (χ0v) is 13.8. The molecule has 0 aliphatic carbocycles. The molecule has 0 saturated heterocycles. The number of carbonyl (C=O) groups is 2. The molecule has 2 rings (SSSR count). The van der Waals surface area contributed by atoms with Crippen LogP contribution in [-0.2, 0) is 16.1 Å². The van der Waals surface area contributed by atoms with E-state index in [0.717, 1.165) is 11.1 Å². The summed E-state index contributed by atoms with van der Waals surface area (Å²) in [6.07, 6.45) is 0.168. The van der Waals surface area contributed by atoms with Crippen molar-refractivity contribution in [3.05, 3.63) is 71.5 Å². The summed E-state index contributed by atoms with van der Waals surface area (Å²) in [5.74, 6) is -0.581. The molecule has 4 nitrogen and oxygen atoms in total. The van der Waals surface area contributed by atoms with E-state index in [4.69, 9.17) is 0 Å². The molecular weight excluding hydrogens is 307 g/mol. The number of halogens is 1. The van der Waals surface area contributed by atoms with Gasteiger partial charge in [-0.1, -0.05) is 42.5 Å². The van der Waals surface area contributed by atoms with Crippen LogP contribution in [0.5, 0.6) is 0 Å². The molecule has 2 amide bonds. The van der Waals surface area contributed by atoms with E-state index >= 15 is 0 Å². The lowest BCUT2D eigenvalue weighted by molar-refractivity contribution is -0.131. The fourth-order valence-corrected chi connectivity index (χ4v) is 2.47. The van der Waals surface area contributed by atoms with Crippen molar-refractivity contribution in [3.63, 3.8) is 0 Å².